The van der Waals surface area contributed by atoms with Crippen LogP contribution in [0.4, 0.5) is 0 Å². The van der Waals surface area contributed by atoms with Crippen molar-refractivity contribution in [3.05, 3.63) is 0 Å². The second kappa shape index (κ2) is 27.8. The van der Waals surface area contributed by atoms with Gasteiger partial charge in [0.2, 0.25) is 0 Å². The molecule has 0 aromatic carbocycles. The summed E-state index contributed by atoms with van der Waals surface area (Å²) < 4.78 is 68.0. The lowest BCUT2D eigenvalue weighted by atomic mass is 9.95. The van der Waals surface area contributed by atoms with E-state index in [1.807, 2.05) is 0 Å². The molecule has 0 saturated carbocycles. The molecule has 12 unspecified atom stereocenters. The Morgan fingerprint density at radius 1 is 0.274 bits per heavy atom. The minimum absolute atomic E-state index is 0.0761. The topological polar surface area (TPSA) is 495 Å². The molecule has 0 radical (unpaired) electrons. The van der Waals surface area contributed by atoms with E-state index in [4.69, 9.17) is 56.8 Å². The average Bonchev–Trinajstić information content (AvgIpc) is 3.38. The van der Waals surface area contributed by atoms with E-state index in [0.717, 1.165) is 6.42 Å². The van der Waals surface area contributed by atoms with Crippen molar-refractivity contribution in [1.82, 2.24) is 0 Å². The summed E-state index contributed by atoms with van der Waals surface area (Å²) in [5.41, 5.74) is 0. The summed E-state index contributed by atoms with van der Waals surface area (Å²) in [6.45, 7) is -5.62. The minimum Gasteiger partial charge on any atom is -0.394 e. The van der Waals surface area contributed by atoms with E-state index >= 15 is 0 Å². The van der Waals surface area contributed by atoms with Crippen LogP contribution >= 0.6 is 12.6 Å². The van der Waals surface area contributed by atoms with E-state index in [1.54, 1.807) is 0 Å². The van der Waals surface area contributed by atoms with Crippen LogP contribution in [-0.2, 0) is 56.8 Å². The van der Waals surface area contributed by atoms with Gasteiger partial charge in [0.25, 0.3) is 0 Å². The monoisotopic (exact) mass is 1090 g/mol. The van der Waals surface area contributed by atoms with Crippen LogP contribution in [0.3, 0.4) is 0 Å². The Morgan fingerprint density at radius 3 is 0.932 bits per heavy atom. The van der Waals surface area contributed by atoms with E-state index in [0.29, 0.717) is 18.6 Å². The molecule has 6 rings (SSSR count). The molecule has 30 atom stereocenters. The highest BCUT2D eigenvalue weighted by Crippen LogP contribution is 2.37. The van der Waals surface area contributed by atoms with E-state index < -0.39 is 224 Å². The Balaban J connectivity index is 1.21. The van der Waals surface area contributed by atoms with E-state index in [2.05, 4.69) is 12.6 Å². The van der Waals surface area contributed by atoms with Crippen molar-refractivity contribution < 1.29 is 154 Å². The van der Waals surface area contributed by atoms with Gasteiger partial charge in [-0.3, -0.25) is 0 Å². The maximum absolute atomic E-state index is 11.7. The lowest BCUT2D eigenvalue weighted by molar-refractivity contribution is -0.404. The summed E-state index contributed by atoms with van der Waals surface area (Å²) in [7, 11) is 0. The number of ether oxygens (including phenoxy) is 12. The van der Waals surface area contributed by atoms with Crippen molar-refractivity contribution in [3.63, 3.8) is 0 Å². The van der Waals surface area contributed by atoms with Gasteiger partial charge in [-0.05, 0) is 18.6 Å². The molecule has 0 aromatic heterocycles. The zero-order valence-electron chi connectivity index (χ0n) is 38.9. The molecule has 0 amide bonds. The van der Waals surface area contributed by atoms with Crippen LogP contribution in [0.5, 0.6) is 0 Å². The lowest BCUT2D eigenvalue weighted by Crippen LogP contribution is -2.68. The van der Waals surface area contributed by atoms with Gasteiger partial charge in [-0.2, -0.15) is 12.6 Å². The van der Waals surface area contributed by atoms with Crippen molar-refractivity contribution in [2.45, 2.75) is 203 Å². The van der Waals surface area contributed by atoms with Crippen LogP contribution < -0.4 is 0 Å². The Bertz CT molecular complexity index is 1620. The molecule has 6 saturated heterocycles. The summed E-state index contributed by atoms with van der Waals surface area (Å²) in [5.74, 6) is 0.622. The molecule has 31 nitrogen and oxygen atoms in total. The van der Waals surface area contributed by atoms with Crippen molar-refractivity contribution >= 4 is 12.6 Å². The molecule has 6 aliphatic rings. The Morgan fingerprint density at radius 2 is 0.562 bits per heavy atom. The van der Waals surface area contributed by atoms with Crippen LogP contribution in [0.25, 0.3) is 0 Å². The summed E-state index contributed by atoms with van der Waals surface area (Å²) in [4.78, 5) is 0. The molecule has 6 fully saturated rings. The molecular formula is C41H72O31S. The van der Waals surface area contributed by atoms with Gasteiger partial charge in [0, 0.05) is 6.61 Å². The molecule has 428 valence electrons. The van der Waals surface area contributed by atoms with Gasteiger partial charge in [0.15, 0.2) is 37.7 Å². The number of hydrogen-bond acceptors (Lipinski definition) is 32. The third-order valence-corrected chi connectivity index (χ3v) is 13.8. The predicted molar refractivity (Wildman–Crippen MR) is 231 cm³/mol. The number of unbranched alkanes of at least 4 members (excludes halogenated alkanes) is 2. The van der Waals surface area contributed by atoms with E-state index in [-0.39, 0.29) is 6.61 Å². The SMILES string of the molecule is OCC1O[C@H](O[C@@H]2C(O)[C@@H](O[C@@H]3C(O)[C@@H](OC4[C@@H](O[C@@H]5C(O)[C@@H](O[C@@H]6C(O)[C@@H](OCCCCCS)OC(CO)[C@H]6O)OC(CO)[C@H]5O)OC(CO)[C@@H](O)[C@@H]4O)OC(CO)[C@H]3O)OC(CO)[C@H]2O)C(O)[C@@H](O)[C@@H]1O. The van der Waals surface area contributed by atoms with Crippen molar-refractivity contribution in [3.8, 4) is 0 Å². The van der Waals surface area contributed by atoms with Gasteiger partial charge in [0.1, 0.15) is 146 Å². The van der Waals surface area contributed by atoms with Gasteiger partial charge in [0.05, 0.1) is 39.6 Å². The molecular weight excluding hydrogens is 1020 g/mol. The van der Waals surface area contributed by atoms with Gasteiger partial charge in [-0.1, -0.05) is 6.42 Å². The van der Waals surface area contributed by atoms with Crippen molar-refractivity contribution in [2.75, 3.05) is 52.0 Å². The second-order valence-electron chi connectivity index (χ2n) is 18.4. The second-order valence-corrected chi connectivity index (χ2v) is 18.8. The molecule has 32 heteroatoms. The molecule has 0 spiro atoms. The fourth-order valence-electron chi connectivity index (χ4n) is 9.19. The van der Waals surface area contributed by atoms with Crippen LogP contribution in [-0.4, -0.2) is 333 Å². The van der Waals surface area contributed by atoms with Crippen LogP contribution in [0.2, 0.25) is 0 Å². The molecule has 6 heterocycles. The van der Waals surface area contributed by atoms with E-state index in [1.165, 1.54) is 0 Å². The van der Waals surface area contributed by atoms with Crippen LogP contribution in [0, 0.1) is 0 Å². The maximum atomic E-state index is 11.7. The first-order valence-corrected chi connectivity index (χ1v) is 24.4. The zero-order valence-corrected chi connectivity index (χ0v) is 39.8. The van der Waals surface area contributed by atoms with Crippen molar-refractivity contribution in [2.24, 2.45) is 0 Å². The zero-order chi connectivity index (χ0) is 53.6. The first-order chi connectivity index (χ1) is 34.8. The third kappa shape index (κ3) is 13.6. The number of rotatable bonds is 22. The quantitative estimate of drug-likeness (QED) is 0.0354. The summed E-state index contributed by atoms with van der Waals surface area (Å²) >= 11 is 4.16. The Kier molecular flexibility index (Phi) is 23.4. The standard InChI is InChI=1S/C41H72O31S/c42-6-12-18(48)24(54)26(56)37(63-12)68-32-21(51)15(9-45)64-38(28(32)58)70-33-22(52)16(10-46)66-40(29(33)59)72-35-25(55)19(49)13(7-43)67-41(35)71-34-23(53)17(11-47)65-39(30(34)60)69-31-20(50)14(8-44)62-36(27(31)57)61-4-2-1-3-5-73/h12-60,73H,1-11H2/t12?,13?,14?,15?,16?,17?,18-,19-,20-,21-,22-,23-,24+,25+,26?,27?,28?,29?,30?,31+,32+,33+,34+,35?,36+,37-,38-,39-,40-,41-/m1/s1. The van der Waals surface area contributed by atoms with Gasteiger partial charge in [-0.25, -0.2) is 0 Å². The molecule has 19 N–H and O–H groups in total. The van der Waals surface area contributed by atoms with Crippen LogP contribution in [0.1, 0.15) is 19.3 Å². The highest BCUT2D eigenvalue weighted by atomic mass is 32.1. The molecule has 0 bridgehead atoms. The van der Waals surface area contributed by atoms with Crippen LogP contribution in [0.15, 0.2) is 0 Å². The number of aliphatic hydroxyl groups is 19. The smallest absolute Gasteiger partial charge is 0.187 e. The first-order valence-electron chi connectivity index (χ1n) is 23.7. The maximum Gasteiger partial charge on any atom is 0.187 e. The predicted octanol–water partition coefficient (Wildman–Crippen LogP) is -12.0. The number of aliphatic hydroxyl groups excluding tert-OH is 19. The fourth-order valence-corrected chi connectivity index (χ4v) is 9.41. The lowest BCUT2D eigenvalue weighted by Gasteiger charge is -2.50. The summed E-state index contributed by atoms with van der Waals surface area (Å²) in [5, 5.41) is 204. The third-order valence-electron chi connectivity index (χ3n) is 13.5. The van der Waals surface area contributed by atoms with Crippen molar-refractivity contribution in [1.29, 1.82) is 0 Å². The normalized spacial score (nSPS) is 50.0. The summed E-state index contributed by atoms with van der Waals surface area (Å²) in [6.07, 6.45) is -55.7. The fraction of sp³-hybridized carbons (Fsp3) is 1.00. The molecule has 0 aliphatic carbocycles. The minimum atomic E-state index is -2.28. The van der Waals surface area contributed by atoms with Gasteiger partial charge < -0.3 is 154 Å². The highest BCUT2D eigenvalue weighted by molar-refractivity contribution is 7.80. The molecule has 73 heavy (non-hydrogen) atoms. The first kappa shape index (κ1) is 61.3. The largest absolute Gasteiger partial charge is 0.394 e. The highest BCUT2D eigenvalue weighted by Gasteiger charge is 2.58. The molecule has 0 aromatic rings. The number of thiol groups is 1. The van der Waals surface area contributed by atoms with E-state index in [9.17, 15) is 97.0 Å². The Labute approximate surface area is 421 Å². The molecule has 6 aliphatic heterocycles. The van der Waals surface area contributed by atoms with Gasteiger partial charge >= 0.3 is 0 Å². The number of hydrogen-bond donors (Lipinski definition) is 20. The summed E-state index contributed by atoms with van der Waals surface area (Å²) in [6, 6.07) is 0. The van der Waals surface area contributed by atoms with Gasteiger partial charge in [-0.15, -0.1) is 0 Å². The average molecular weight is 1090 g/mol. The Hall–Kier alpha value is -0.890.